The van der Waals surface area contributed by atoms with Gasteiger partial charge in [0.2, 0.25) is 0 Å². The minimum Gasteiger partial charge on any atom is -0.494 e. The highest BCUT2D eigenvalue weighted by Gasteiger charge is 2.39. The Hall–Kier alpha value is -1.55. The van der Waals surface area contributed by atoms with E-state index in [1.807, 2.05) is 25.1 Å². The van der Waals surface area contributed by atoms with Crippen molar-refractivity contribution in [3.8, 4) is 5.75 Å². The first-order chi connectivity index (χ1) is 9.07. The molecule has 0 aromatic heterocycles. The Morgan fingerprint density at radius 3 is 2.63 bits per heavy atom. The zero-order valence-corrected chi connectivity index (χ0v) is 11.3. The number of para-hydroxylation sites is 1. The Kier molecular flexibility index (Phi) is 4.10. The van der Waals surface area contributed by atoms with E-state index >= 15 is 0 Å². The summed E-state index contributed by atoms with van der Waals surface area (Å²) >= 11 is 0. The summed E-state index contributed by atoms with van der Waals surface area (Å²) in [6, 6.07) is 8.00. The number of ether oxygens (including phenoxy) is 1. The van der Waals surface area contributed by atoms with E-state index in [0.717, 1.165) is 18.6 Å². The topological polar surface area (TPSA) is 72.5 Å². The van der Waals surface area contributed by atoms with E-state index < -0.39 is 11.5 Å². The van der Waals surface area contributed by atoms with Crippen molar-refractivity contribution in [2.45, 2.75) is 44.1 Å². The van der Waals surface area contributed by atoms with Gasteiger partial charge >= 0.3 is 5.97 Å². The fourth-order valence-corrected chi connectivity index (χ4v) is 2.76. The first kappa shape index (κ1) is 13.9. The lowest BCUT2D eigenvalue weighted by Crippen LogP contribution is -2.50. The molecule has 1 aliphatic rings. The molecular formula is C15H21NO3. The molecule has 0 unspecified atom stereocenters. The van der Waals surface area contributed by atoms with Crippen molar-refractivity contribution in [2.24, 2.45) is 5.73 Å². The molecule has 4 heteroatoms. The third kappa shape index (κ3) is 2.89. The number of carboxylic acid groups (broad SMARTS) is 1. The molecule has 1 saturated carbocycles. The second kappa shape index (κ2) is 5.61. The molecule has 0 amide bonds. The fourth-order valence-electron chi connectivity index (χ4n) is 2.76. The first-order valence-corrected chi connectivity index (χ1v) is 6.81. The van der Waals surface area contributed by atoms with Gasteiger partial charge < -0.3 is 15.6 Å². The molecule has 0 atom stereocenters. The van der Waals surface area contributed by atoms with Crippen LogP contribution in [0.1, 0.15) is 44.1 Å². The predicted octanol–water partition coefficient (Wildman–Crippen LogP) is 2.53. The standard InChI is InChI=1S/C15H21NO3/c1-2-19-13-6-4-3-5-12(13)11-7-9-15(16,10-8-11)14(17)18/h3-6,11H,2,7-10,16H2,1H3,(H,17,18). The minimum atomic E-state index is -1.04. The second-order valence-electron chi connectivity index (χ2n) is 5.21. The van der Waals surface area contributed by atoms with Crippen molar-refractivity contribution in [1.29, 1.82) is 0 Å². The van der Waals surface area contributed by atoms with E-state index in [4.69, 9.17) is 15.6 Å². The third-order valence-electron chi connectivity index (χ3n) is 3.96. The molecule has 1 aromatic carbocycles. The zero-order chi connectivity index (χ0) is 13.9. The Labute approximate surface area is 113 Å². The van der Waals surface area contributed by atoms with Crippen LogP contribution in [0.2, 0.25) is 0 Å². The summed E-state index contributed by atoms with van der Waals surface area (Å²) in [6.07, 6.45) is 2.64. The van der Waals surface area contributed by atoms with Crippen molar-refractivity contribution in [3.05, 3.63) is 29.8 Å². The van der Waals surface area contributed by atoms with Crippen molar-refractivity contribution in [3.63, 3.8) is 0 Å². The highest BCUT2D eigenvalue weighted by Crippen LogP contribution is 2.40. The van der Waals surface area contributed by atoms with Crippen LogP contribution in [0.5, 0.6) is 5.75 Å². The van der Waals surface area contributed by atoms with Crippen LogP contribution in [0.25, 0.3) is 0 Å². The lowest BCUT2D eigenvalue weighted by molar-refractivity contribution is -0.144. The van der Waals surface area contributed by atoms with Crippen LogP contribution in [-0.2, 0) is 4.79 Å². The number of rotatable bonds is 4. The Morgan fingerprint density at radius 2 is 2.05 bits per heavy atom. The second-order valence-corrected chi connectivity index (χ2v) is 5.21. The largest absolute Gasteiger partial charge is 0.494 e. The summed E-state index contributed by atoms with van der Waals surface area (Å²) in [5.41, 5.74) is 6.04. The van der Waals surface area contributed by atoms with Crippen LogP contribution >= 0.6 is 0 Å². The summed E-state index contributed by atoms with van der Waals surface area (Å²) in [4.78, 5) is 11.1. The Bertz CT molecular complexity index is 450. The molecule has 1 aromatic rings. The lowest BCUT2D eigenvalue weighted by atomic mass is 9.74. The summed E-state index contributed by atoms with van der Waals surface area (Å²) < 4.78 is 5.64. The van der Waals surface area contributed by atoms with E-state index in [0.29, 0.717) is 25.4 Å². The van der Waals surface area contributed by atoms with Crippen LogP contribution in [0.15, 0.2) is 24.3 Å². The number of carboxylic acids is 1. The number of hydrogen-bond donors (Lipinski definition) is 2. The van der Waals surface area contributed by atoms with Gasteiger partial charge in [-0.25, -0.2) is 0 Å². The first-order valence-electron chi connectivity index (χ1n) is 6.81. The molecule has 0 bridgehead atoms. The number of hydrogen-bond acceptors (Lipinski definition) is 3. The molecule has 3 N–H and O–H groups in total. The summed E-state index contributed by atoms with van der Waals surface area (Å²) in [5.74, 6) is 0.373. The van der Waals surface area contributed by atoms with Gasteiger partial charge in [-0.3, -0.25) is 4.79 Å². The average molecular weight is 263 g/mol. The minimum absolute atomic E-state index is 0.346. The van der Waals surface area contributed by atoms with Crippen molar-refractivity contribution in [1.82, 2.24) is 0 Å². The fraction of sp³-hybridized carbons (Fsp3) is 0.533. The number of benzene rings is 1. The van der Waals surface area contributed by atoms with Gasteiger partial charge in [0.1, 0.15) is 11.3 Å². The molecule has 1 fully saturated rings. The molecule has 19 heavy (non-hydrogen) atoms. The molecule has 4 nitrogen and oxygen atoms in total. The zero-order valence-electron chi connectivity index (χ0n) is 11.3. The van der Waals surface area contributed by atoms with Gasteiger partial charge in [0.15, 0.2) is 0 Å². The molecule has 0 radical (unpaired) electrons. The third-order valence-corrected chi connectivity index (χ3v) is 3.96. The van der Waals surface area contributed by atoms with Gasteiger partial charge in [-0.05, 0) is 50.2 Å². The molecule has 0 spiro atoms. The highest BCUT2D eigenvalue weighted by atomic mass is 16.5. The maximum absolute atomic E-state index is 11.1. The van der Waals surface area contributed by atoms with E-state index in [2.05, 4.69) is 6.07 Å². The summed E-state index contributed by atoms with van der Waals surface area (Å²) in [5, 5.41) is 9.14. The number of nitrogens with two attached hydrogens (primary N) is 1. The lowest BCUT2D eigenvalue weighted by Gasteiger charge is -2.34. The molecule has 0 aliphatic heterocycles. The Morgan fingerprint density at radius 1 is 1.42 bits per heavy atom. The Balaban J connectivity index is 2.11. The molecule has 2 rings (SSSR count). The summed E-state index contributed by atoms with van der Waals surface area (Å²) in [6.45, 7) is 2.60. The van der Waals surface area contributed by atoms with Gasteiger partial charge in [0, 0.05) is 0 Å². The van der Waals surface area contributed by atoms with Crippen LogP contribution in [-0.4, -0.2) is 23.2 Å². The molecular weight excluding hydrogens is 242 g/mol. The van der Waals surface area contributed by atoms with E-state index in [9.17, 15) is 4.79 Å². The highest BCUT2D eigenvalue weighted by molar-refractivity contribution is 5.78. The normalized spacial score (nSPS) is 26.9. The van der Waals surface area contributed by atoms with Crippen LogP contribution < -0.4 is 10.5 Å². The van der Waals surface area contributed by atoms with Crippen molar-refractivity contribution >= 4 is 5.97 Å². The average Bonchev–Trinajstić information content (AvgIpc) is 2.41. The van der Waals surface area contributed by atoms with Gasteiger partial charge in [0.25, 0.3) is 0 Å². The van der Waals surface area contributed by atoms with Gasteiger partial charge in [0.05, 0.1) is 6.61 Å². The molecule has 1 aliphatic carbocycles. The van der Waals surface area contributed by atoms with Crippen molar-refractivity contribution < 1.29 is 14.6 Å². The van der Waals surface area contributed by atoms with E-state index in [1.54, 1.807) is 0 Å². The van der Waals surface area contributed by atoms with Gasteiger partial charge in [-0.2, -0.15) is 0 Å². The van der Waals surface area contributed by atoms with E-state index in [1.165, 1.54) is 5.56 Å². The van der Waals surface area contributed by atoms with Gasteiger partial charge in [-0.1, -0.05) is 18.2 Å². The predicted molar refractivity (Wildman–Crippen MR) is 73.4 cm³/mol. The maximum atomic E-state index is 11.1. The summed E-state index contributed by atoms with van der Waals surface area (Å²) in [7, 11) is 0. The molecule has 0 heterocycles. The maximum Gasteiger partial charge on any atom is 0.323 e. The number of aliphatic carboxylic acids is 1. The molecule has 104 valence electrons. The molecule has 0 saturated heterocycles. The van der Waals surface area contributed by atoms with E-state index in [-0.39, 0.29) is 0 Å². The quantitative estimate of drug-likeness (QED) is 0.875. The van der Waals surface area contributed by atoms with Crippen molar-refractivity contribution in [2.75, 3.05) is 6.61 Å². The smallest absolute Gasteiger partial charge is 0.323 e. The van der Waals surface area contributed by atoms with Crippen LogP contribution in [0.4, 0.5) is 0 Å². The van der Waals surface area contributed by atoms with Crippen LogP contribution in [0.3, 0.4) is 0 Å². The van der Waals surface area contributed by atoms with Gasteiger partial charge in [-0.15, -0.1) is 0 Å². The number of carbonyl (C=O) groups is 1. The monoisotopic (exact) mass is 263 g/mol. The van der Waals surface area contributed by atoms with Crippen LogP contribution in [0, 0.1) is 0 Å². The SMILES string of the molecule is CCOc1ccccc1C1CCC(N)(C(=O)O)CC1.